The molecule has 1 aromatic heterocycles. The fourth-order valence-corrected chi connectivity index (χ4v) is 2.74. The highest BCUT2D eigenvalue weighted by atomic mass is 35.5. The van der Waals surface area contributed by atoms with Crippen molar-refractivity contribution in [2.75, 3.05) is 6.54 Å². The van der Waals surface area contributed by atoms with Crippen molar-refractivity contribution in [1.82, 2.24) is 25.1 Å². The van der Waals surface area contributed by atoms with Gasteiger partial charge < -0.3 is 4.90 Å². The summed E-state index contributed by atoms with van der Waals surface area (Å²) in [6, 6.07) is 16.6. The third kappa shape index (κ3) is 4.08. The van der Waals surface area contributed by atoms with Gasteiger partial charge in [0, 0.05) is 23.7 Å². The lowest BCUT2D eigenvalue weighted by molar-refractivity contribution is -0.135. The summed E-state index contributed by atoms with van der Waals surface area (Å²) < 4.78 is 0. The number of rotatable bonds is 6. The SMILES string of the molecule is CCN(Cc1ccccc1)C(=O)C(C)n1nnc(-c2ccc(Cl)cc2)n1. The van der Waals surface area contributed by atoms with Crippen molar-refractivity contribution in [3.63, 3.8) is 0 Å². The van der Waals surface area contributed by atoms with Crippen molar-refractivity contribution in [1.29, 1.82) is 0 Å². The predicted molar refractivity (Wildman–Crippen MR) is 101 cm³/mol. The standard InChI is InChI=1S/C19H20ClN5O/c1-3-24(13-15-7-5-4-6-8-15)19(26)14(2)25-22-18(21-23-25)16-9-11-17(20)12-10-16/h4-12,14H,3,13H2,1-2H3. The number of likely N-dealkylation sites (N-methyl/N-ethyl adjacent to an activating group) is 1. The molecule has 0 aliphatic carbocycles. The topological polar surface area (TPSA) is 63.9 Å². The summed E-state index contributed by atoms with van der Waals surface area (Å²) in [6.45, 7) is 4.90. The maximum absolute atomic E-state index is 12.8. The molecule has 1 atom stereocenters. The van der Waals surface area contributed by atoms with Crippen LogP contribution in [0.5, 0.6) is 0 Å². The van der Waals surface area contributed by atoms with Gasteiger partial charge in [-0.25, -0.2) is 0 Å². The highest BCUT2D eigenvalue weighted by Gasteiger charge is 2.23. The second kappa shape index (κ2) is 8.10. The lowest BCUT2D eigenvalue weighted by Gasteiger charge is -2.23. The highest BCUT2D eigenvalue weighted by Crippen LogP contribution is 2.18. The number of hydrogen-bond acceptors (Lipinski definition) is 4. The third-order valence-corrected chi connectivity index (χ3v) is 4.40. The third-order valence-electron chi connectivity index (χ3n) is 4.14. The zero-order chi connectivity index (χ0) is 18.5. The molecule has 0 aliphatic heterocycles. The summed E-state index contributed by atoms with van der Waals surface area (Å²) in [5, 5.41) is 13.1. The van der Waals surface area contributed by atoms with Gasteiger partial charge in [0.2, 0.25) is 11.7 Å². The maximum Gasteiger partial charge on any atom is 0.249 e. The number of amides is 1. The fourth-order valence-electron chi connectivity index (χ4n) is 2.62. The molecule has 0 bridgehead atoms. The van der Waals surface area contributed by atoms with Crippen LogP contribution < -0.4 is 0 Å². The van der Waals surface area contributed by atoms with Crippen molar-refractivity contribution in [2.24, 2.45) is 0 Å². The molecule has 1 unspecified atom stereocenters. The molecule has 6 nitrogen and oxygen atoms in total. The Bertz CT molecular complexity index is 863. The predicted octanol–water partition coefficient (Wildman–Crippen LogP) is 3.60. The van der Waals surface area contributed by atoms with Crippen molar-refractivity contribution in [3.8, 4) is 11.4 Å². The first-order valence-electron chi connectivity index (χ1n) is 8.46. The summed E-state index contributed by atoms with van der Waals surface area (Å²) >= 11 is 5.90. The van der Waals surface area contributed by atoms with Crippen LogP contribution in [-0.4, -0.2) is 37.6 Å². The fraction of sp³-hybridized carbons (Fsp3) is 0.263. The van der Waals surface area contributed by atoms with E-state index in [0.717, 1.165) is 11.1 Å². The van der Waals surface area contributed by atoms with Gasteiger partial charge in [0.25, 0.3) is 0 Å². The van der Waals surface area contributed by atoms with Gasteiger partial charge in [-0.05, 0) is 48.9 Å². The molecule has 0 saturated heterocycles. The summed E-state index contributed by atoms with van der Waals surface area (Å²) in [5.41, 5.74) is 1.89. The number of aromatic nitrogens is 4. The summed E-state index contributed by atoms with van der Waals surface area (Å²) in [7, 11) is 0. The smallest absolute Gasteiger partial charge is 0.249 e. The van der Waals surface area contributed by atoms with Gasteiger partial charge in [-0.3, -0.25) is 4.79 Å². The summed E-state index contributed by atoms with van der Waals surface area (Å²) in [6.07, 6.45) is 0. The average Bonchev–Trinajstić information content (AvgIpc) is 3.16. The number of tetrazole rings is 1. The van der Waals surface area contributed by atoms with E-state index in [9.17, 15) is 4.79 Å². The molecule has 3 aromatic rings. The average molecular weight is 370 g/mol. The van der Waals surface area contributed by atoms with E-state index in [4.69, 9.17) is 11.6 Å². The Balaban J connectivity index is 1.74. The zero-order valence-electron chi connectivity index (χ0n) is 14.7. The first-order chi connectivity index (χ1) is 12.6. The van der Waals surface area contributed by atoms with Gasteiger partial charge in [-0.1, -0.05) is 41.9 Å². The molecular formula is C19H20ClN5O. The van der Waals surface area contributed by atoms with E-state index in [1.54, 1.807) is 24.0 Å². The molecule has 0 fully saturated rings. The Morgan fingerprint density at radius 1 is 1.15 bits per heavy atom. The number of nitrogens with zero attached hydrogens (tertiary/aromatic N) is 5. The monoisotopic (exact) mass is 369 g/mol. The highest BCUT2D eigenvalue weighted by molar-refractivity contribution is 6.30. The normalized spacial score (nSPS) is 12.0. The van der Waals surface area contributed by atoms with Crippen LogP contribution in [0.4, 0.5) is 0 Å². The van der Waals surface area contributed by atoms with Gasteiger partial charge in [0.05, 0.1) is 0 Å². The number of hydrogen-bond donors (Lipinski definition) is 0. The van der Waals surface area contributed by atoms with Crippen molar-refractivity contribution in [2.45, 2.75) is 26.4 Å². The van der Waals surface area contributed by atoms with E-state index < -0.39 is 6.04 Å². The Morgan fingerprint density at radius 3 is 2.50 bits per heavy atom. The second-order valence-electron chi connectivity index (χ2n) is 5.95. The number of carbonyl (C=O) groups is 1. The van der Waals surface area contributed by atoms with Gasteiger partial charge in [0.15, 0.2) is 0 Å². The number of carbonyl (C=O) groups excluding carboxylic acids is 1. The molecule has 1 amide bonds. The number of benzene rings is 2. The molecule has 3 rings (SSSR count). The maximum atomic E-state index is 12.8. The second-order valence-corrected chi connectivity index (χ2v) is 6.39. The largest absolute Gasteiger partial charge is 0.337 e. The van der Waals surface area contributed by atoms with Crippen molar-refractivity contribution < 1.29 is 4.79 Å². The van der Waals surface area contributed by atoms with E-state index in [1.807, 2.05) is 49.4 Å². The Kier molecular flexibility index (Phi) is 5.63. The number of halogens is 1. The zero-order valence-corrected chi connectivity index (χ0v) is 15.5. The van der Waals surface area contributed by atoms with Crippen LogP contribution in [0.25, 0.3) is 11.4 Å². The van der Waals surface area contributed by atoms with Crippen LogP contribution in [0.15, 0.2) is 54.6 Å². The van der Waals surface area contributed by atoms with Crippen LogP contribution in [-0.2, 0) is 11.3 Å². The molecule has 26 heavy (non-hydrogen) atoms. The molecule has 1 heterocycles. The van der Waals surface area contributed by atoms with Crippen LogP contribution in [0.1, 0.15) is 25.5 Å². The van der Waals surface area contributed by atoms with E-state index in [1.165, 1.54) is 4.80 Å². The lowest BCUT2D eigenvalue weighted by Crippen LogP contribution is -2.36. The first-order valence-corrected chi connectivity index (χ1v) is 8.84. The first kappa shape index (κ1) is 18.1. The molecule has 0 spiro atoms. The van der Waals surface area contributed by atoms with Gasteiger partial charge in [-0.2, -0.15) is 4.80 Å². The lowest BCUT2D eigenvalue weighted by atomic mass is 10.2. The molecule has 0 aliphatic rings. The Hall–Kier alpha value is -2.73. The van der Waals surface area contributed by atoms with E-state index >= 15 is 0 Å². The Labute approximate surface area is 157 Å². The van der Waals surface area contributed by atoms with E-state index in [0.29, 0.717) is 23.9 Å². The van der Waals surface area contributed by atoms with Gasteiger partial charge in [-0.15, -0.1) is 10.2 Å². The molecule has 7 heteroatoms. The van der Waals surface area contributed by atoms with Gasteiger partial charge >= 0.3 is 0 Å². The molecule has 0 saturated carbocycles. The van der Waals surface area contributed by atoms with E-state index in [2.05, 4.69) is 15.4 Å². The molecule has 0 N–H and O–H groups in total. The van der Waals surface area contributed by atoms with Gasteiger partial charge in [0.1, 0.15) is 6.04 Å². The van der Waals surface area contributed by atoms with Crippen LogP contribution >= 0.6 is 11.6 Å². The van der Waals surface area contributed by atoms with Crippen LogP contribution in [0, 0.1) is 0 Å². The van der Waals surface area contributed by atoms with Crippen LogP contribution in [0.3, 0.4) is 0 Å². The van der Waals surface area contributed by atoms with Crippen molar-refractivity contribution >= 4 is 17.5 Å². The van der Waals surface area contributed by atoms with Crippen LogP contribution in [0.2, 0.25) is 5.02 Å². The summed E-state index contributed by atoms with van der Waals surface area (Å²) in [4.78, 5) is 16.0. The van der Waals surface area contributed by atoms with Crippen molar-refractivity contribution in [3.05, 3.63) is 65.2 Å². The minimum absolute atomic E-state index is 0.0450. The Morgan fingerprint density at radius 2 is 1.85 bits per heavy atom. The minimum Gasteiger partial charge on any atom is -0.337 e. The minimum atomic E-state index is -0.535. The van der Waals surface area contributed by atoms with E-state index in [-0.39, 0.29) is 5.91 Å². The molecule has 2 aromatic carbocycles. The molecule has 134 valence electrons. The summed E-state index contributed by atoms with van der Waals surface area (Å²) in [5.74, 6) is 0.420. The quantitative estimate of drug-likeness (QED) is 0.666. The molecule has 0 radical (unpaired) electrons. The molecular weight excluding hydrogens is 350 g/mol.